The summed E-state index contributed by atoms with van der Waals surface area (Å²) in [5.74, 6) is 0.857. The molecule has 5 rings (SSSR count). The van der Waals surface area contributed by atoms with Crippen LogP contribution in [0, 0.1) is 0 Å². The van der Waals surface area contributed by atoms with Crippen molar-refractivity contribution in [1.29, 1.82) is 0 Å². The molecule has 0 saturated carbocycles. The number of hydrogen-bond donors (Lipinski definition) is 0. The van der Waals surface area contributed by atoms with Crippen LogP contribution in [0.3, 0.4) is 0 Å². The molecule has 1 atom stereocenters. The van der Waals surface area contributed by atoms with Gasteiger partial charge in [-0.25, -0.2) is 9.79 Å². The van der Waals surface area contributed by atoms with Gasteiger partial charge in [0.25, 0.3) is 5.56 Å². The van der Waals surface area contributed by atoms with E-state index >= 15 is 0 Å². The molecule has 0 fully saturated rings. The zero-order chi connectivity index (χ0) is 31.2. The third-order valence-corrected chi connectivity index (χ3v) is 8.06. The van der Waals surface area contributed by atoms with Crippen molar-refractivity contribution in [2.24, 2.45) is 4.99 Å². The number of allylic oxidation sites excluding steroid dienone is 2. The largest absolute Gasteiger partial charge is 0.491 e. The lowest BCUT2D eigenvalue weighted by Crippen LogP contribution is -2.40. The van der Waals surface area contributed by atoms with Gasteiger partial charge in [0, 0.05) is 5.56 Å². The monoisotopic (exact) mass is 608 g/mol. The Kier molecular flexibility index (Phi) is 9.60. The van der Waals surface area contributed by atoms with Crippen LogP contribution in [-0.4, -0.2) is 23.2 Å². The molecule has 0 spiro atoms. The number of benzene rings is 3. The highest BCUT2D eigenvalue weighted by Gasteiger charge is 2.35. The van der Waals surface area contributed by atoms with Gasteiger partial charge in [-0.05, 0) is 75.1 Å². The fraction of sp³-hybridized carbons (Fsp3) is 0.250. The van der Waals surface area contributed by atoms with Crippen molar-refractivity contribution in [2.45, 2.75) is 52.9 Å². The van der Waals surface area contributed by atoms with Gasteiger partial charge in [-0.2, -0.15) is 0 Å². The number of fused-ring (bicyclic) bond motifs is 1. The smallest absolute Gasteiger partial charge is 0.338 e. The first kappa shape index (κ1) is 30.8. The Morgan fingerprint density at radius 1 is 1.07 bits per heavy atom. The zero-order valence-electron chi connectivity index (χ0n) is 25.4. The summed E-state index contributed by atoms with van der Waals surface area (Å²) >= 11 is 1.29. The minimum absolute atomic E-state index is 0.104. The van der Waals surface area contributed by atoms with E-state index in [0.29, 0.717) is 44.9 Å². The molecule has 8 heteroatoms. The van der Waals surface area contributed by atoms with Gasteiger partial charge >= 0.3 is 5.97 Å². The molecule has 0 amide bonds. The maximum Gasteiger partial charge on any atom is 0.338 e. The first-order valence-electron chi connectivity index (χ1n) is 14.7. The number of rotatable bonds is 11. The molecular weight excluding hydrogens is 572 g/mol. The summed E-state index contributed by atoms with van der Waals surface area (Å²) in [6.45, 7) is 12.0. The highest BCUT2D eigenvalue weighted by molar-refractivity contribution is 7.07. The Balaban J connectivity index is 1.60. The number of hydrogen-bond acceptors (Lipinski definition) is 7. The highest BCUT2D eigenvalue weighted by Crippen LogP contribution is 2.36. The molecule has 4 aromatic rings. The van der Waals surface area contributed by atoms with Gasteiger partial charge in [-0.3, -0.25) is 9.36 Å². The van der Waals surface area contributed by atoms with E-state index < -0.39 is 12.0 Å². The summed E-state index contributed by atoms with van der Waals surface area (Å²) in [7, 11) is 0. The molecule has 7 nitrogen and oxygen atoms in total. The normalized spacial score (nSPS) is 14.7. The number of ether oxygens (including phenoxy) is 3. The summed E-state index contributed by atoms with van der Waals surface area (Å²) in [6, 6.07) is 22.6. The Morgan fingerprint density at radius 3 is 2.55 bits per heavy atom. The predicted molar refractivity (Wildman–Crippen MR) is 174 cm³/mol. The molecule has 2 heterocycles. The van der Waals surface area contributed by atoms with Crippen LogP contribution in [0.15, 0.2) is 107 Å². The molecule has 1 aliphatic heterocycles. The van der Waals surface area contributed by atoms with Crippen molar-refractivity contribution in [3.8, 4) is 11.5 Å². The van der Waals surface area contributed by atoms with Crippen LogP contribution in [0.4, 0.5) is 0 Å². The molecular formula is C36H36N2O5S. The third kappa shape index (κ3) is 6.60. The zero-order valence-corrected chi connectivity index (χ0v) is 26.2. The fourth-order valence-electron chi connectivity index (χ4n) is 5.19. The molecule has 1 aromatic heterocycles. The summed E-state index contributed by atoms with van der Waals surface area (Å²) in [5, 5.41) is 0. The number of nitrogens with zero attached hydrogens (tertiary/aromatic N) is 2. The van der Waals surface area contributed by atoms with Crippen molar-refractivity contribution in [2.75, 3.05) is 6.61 Å². The topological polar surface area (TPSA) is 79.1 Å². The summed E-state index contributed by atoms with van der Waals surface area (Å²) in [5.41, 5.74) is 4.17. The molecule has 0 aliphatic carbocycles. The highest BCUT2D eigenvalue weighted by atomic mass is 32.1. The Bertz CT molecular complexity index is 1890. The number of para-hydroxylation sites is 1. The summed E-state index contributed by atoms with van der Waals surface area (Å²) in [6.07, 6.45) is 4.20. The van der Waals surface area contributed by atoms with Crippen LogP contribution in [0.25, 0.3) is 6.08 Å². The van der Waals surface area contributed by atoms with Crippen LogP contribution >= 0.6 is 11.3 Å². The fourth-order valence-corrected chi connectivity index (χ4v) is 6.23. The van der Waals surface area contributed by atoms with E-state index in [-0.39, 0.29) is 18.3 Å². The van der Waals surface area contributed by atoms with E-state index in [1.807, 2.05) is 98.8 Å². The van der Waals surface area contributed by atoms with Gasteiger partial charge in [0.05, 0.1) is 28.5 Å². The van der Waals surface area contributed by atoms with Crippen LogP contribution < -0.4 is 24.4 Å². The van der Waals surface area contributed by atoms with Gasteiger partial charge in [-0.1, -0.05) is 72.0 Å². The lowest BCUT2D eigenvalue weighted by molar-refractivity contribution is -0.139. The molecule has 0 bridgehead atoms. The third-order valence-electron chi connectivity index (χ3n) is 7.08. The SMILES string of the molecule is C=CCc1cc(/C=c2/sc3n(c2=O)[C@H](c2ccccc2OC(C)C)C(C(=O)OCC)=C(C)N=3)ccc1OCc1ccccc1. The Hall–Kier alpha value is -4.69. The van der Waals surface area contributed by atoms with E-state index in [1.165, 1.54) is 11.3 Å². The Labute approximate surface area is 261 Å². The molecule has 3 aromatic carbocycles. The maximum absolute atomic E-state index is 14.1. The number of esters is 1. The minimum atomic E-state index is -0.757. The number of aromatic nitrogens is 1. The van der Waals surface area contributed by atoms with Crippen LogP contribution in [0.5, 0.6) is 11.5 Å². The Morgan fingerprint density at radius 2 is 1.82 bits per heavy atom. The second kappa shape index (κ2) is 13.7. The lowest BCUT2D eigenvalue weighted by atomic mass is 9.95. The standard InChI is InChI=1S/C36H36N2O5S/c1-6-13-27-20-26(18-19-29(27)42-22-25-14-9-8-10-15-25)21-31-34(39)38-33(28-16-11-12-17-30(28)43-23(3)4)32(35(40)41-7-2)24(5)37-36(38)44-31/h6,8-12,14-21,23,33H,1,7,13,22H2,2-5H3/b31-21+/t33-/m1/s1. The second-order valence-electron chi connectivity index (χ2n) is 10.6. The van der Waals surface area contributed by atoms with Gasteiger partial charge in [0.15, 0.2) is 4.80 Å². The van der Waals surface area contributed by atoms with Crippen molar-refractivity contribution < 1.29 is 19.0 Å². The van der Waals surface area contributed by atoms with Gasteiger partial charge in [0.2, 0.25) is 0 Å². The van der Waals surface area contributed by atoms with Gasteiger partial charge in [-0.15, -0.1) is 6.58 Å². The van der Waals surface area contributed by atoms with Crippen LogP contribution in [0.1, 0.15) is 56.0 Å². The molecule has 0 unspecified atom stereocenters. The van der Waals surface area contributed by atoms with E-state index in [4.69, 9.17) is 19.2 Å². The molecule has 44 heavy (non-hydrogen) atoms. The number of carbonyl (C=O) groups is 1. The molecule has 226 valence electrons. The maximum atomic E-state index is 14.1. The van der Waals surface area contributed by atoms with Crippen molar-refractivity contribution in [1.82, 2.24) is 4.57 Å². The molecule has 0 N–H and O–H groups in total. The van der Waals surface area contributed by atoms with E-state index in [0.717, 1.165) is 22.4 Å². The van der Waals surface area contributed by atoms with Gasteiger partial charge in [0.1, 0.15) is 24.1 Å². The first-order chi connectivity index (χ1) is 21.3. The molecule has 0 saturated heterocycles. The average molecular weight is 609 g/mol. The van der Waals surface area contributed by atoms with E-state index in [2.05, 4.69) is 6.58 Å². The number of thiazole rings is 1. The van der Waals surface area contributed by atoms with Crippen LogP contribution in [0.2, 0.25) is 0 Å². The molecule has 1 aliphatic rings. The van der Waals surface area contributed by atoms with E-state index in [9.17, 15) is 9.59 Å². The summed E-state index contributed by atoms with van der Waals surface area (Å²) in [4.78, 5) is 32.6. The quantitative estimate of drug-likeness (QED) is 0.157. The van der Waals surface area contributed by atoms with Gasteiger partial charge < -0.3 is 14.2 Å². The van der Waals surface area contributed by atoms with Crippen LogP contribution in [-0.2, 0) is 22.6 Å². The first-order valence-corrected chi connectivity index (χ1v) is 15.5. The van der Waals surface area contributed by atoms with E-state index in [1.54, 1.807) is 18.4 Å². The average Bonchev–Trinajstić information content (AvgIpc) is 3.30. The van der Waals surface area contributed by atoms with Crippen molar-refractivity contribution in [3.63, 3.8) is 0 Å². The van der Waals surface area contributed by atoms with Crippen molar-refractivity contribution >= 4 is 23.4 Å². The predicted octanol–water partition coefficient (Wildman–Crippen LogP) is 5.89. The second-order valence-corrected chi connectivity index (χ2v) is 11.7. The van der Waals surface area contributed by atoms with Crippen molar-refractivity contribution in [3.05, 3.63) is 139 Å². The minimum Gasteiger partial charge on any atom is -0.491 e. The number of carbonyl (C=O) groups excluding carboxylic acids is 1. The summed E-state index contributed by atoms with van der Waals surface area (Å²) < 4.78 is 19.8. The molecule has 0 radical (unpaired) electrons. The lowest BCUT2D eigenvalue weighted by Gasteiger charge is -2.26.